The predicted octanol–water partition coefficient (Wildman–Crippen LogP) is 15.3. The van der Waals surface area contributed by atoms with E-state index in [4.69, 9.17) is 15.0 Å². The predicted molar refractivity (Wildman–Crippen MR) is 263 cm³/mol. The van der Waals surface area contributed by atoms with Gasteiger partial charge in [-0.1, -0.05) is 173 Å². The summed E-state index contributed by atoms with van der Waals surface area (Å²) in [6.07, 6.45) is 1.91. The van der Waals surface area contributed by atoms with Crippen LogP contribution in [0.2, 0.25) is 0 Å². The summed E-state index contributed by atoms with van der Waals surface area (Å²) < 4.78 is 2.40. The van der Waals surface area contributed by atoms with Crippen molar-refractivity contribution in [2.24, 2.45) is 0 Å². The Hall–Kier alpha value is -5.57. The van der Waals surface area contributed by atoms with Crippen LogP contribution in [0, 0.1) is 6.07 Å². The van der Waals surface area contributed by atoms with Gasteiger partial charge in [0.05, 0.1) is 16.7 Å². The first kappa shape index (κ1) is 44.1. The molecule has 3 heterocycles. The molecule has 0 saturated carbocycles. The van der Waals surface area contributed by atoms with E-state index < -0.39 is 0 Å². The van der Waals surface area contributed by atoms with Crippen LogP contribution in [0.5, 0.6) is 0 Å². The molecule has 5 heteroatoms. The number of rotatable bonds is 5. The fourth-order valence-corrected chi connectivity index (χ4v) is 8.61. The fourth-order valence-electron chi connectivity index (χ4n) is 8.61. The molecule has 0 N–H and O–H groups in total. The summed E-state index contributed by atoms with van der Waals surface area (Å²) in [5.41, 5.74) is 17.0. The zero-order valence-electron chi connectivity index (χ0n) is 38.8. The van der Waals surface area contributed by atoms with Gasteiger partial charge in [-0.05, 0) is 90.6 Å². The number of nitrogens with zero attached hydrogens (tertiary/aromatic N) is 4. The smallest absolute Gasteiger partial charge is 0.656 e. The molecule has 4 nitrogen and oxygen atoms in total. The summed E-state index contributed by atoms with van der Waals surface area (Å²) >= 11 is 0. The summed E-state index contributed by atoms with van der Waals surface area (Å²) in [5.74, 6) is 0.860. The summed E-state index contributed by atoms with van der Waals surface area (Å²) in [7, 11) is 0. The molecule has 0 amide bonds. The van der Waals surface area contributed by atoms with Gasteiger partial charge in [-0.25, -0.2) is 4.98 Å². The second-order valence-electron chi connectivity index (χ2n) is 21.2. The van der Waals surface area contributed by atoms with E-state index >= 15 is 0 Å². The van der Waals surface area contributed by atoms with Crippen LogP contribution >= 0.6 is 0 Å². The maximum absolute atomic E-state index is 5.78. The van der Waals surface area contributed by atoms with E-state index in [0.717, 1.165) is 78.0 Å². The Balaban J connectivity index is 0.00000544. The van der Waals surface area contributed by atoms with Crippen LogP contribution in [0.4, 0.5) is 0 Å². The number of hydrogen-bond donors (Lipinski definition) is 0. The Morgan fingerprint density at radius 1 is 0.508 bits per heavy atom. The molecule has 0 saturated heterocycles. The van der Waals surface area contributed by atoms with Crippen LogP contribution in [0.1, 0.15) is 105 Å². The van der Waals surface area contributed by atoms with E-state index in [1.54, 1.807) is 0 Å². The van der Waals surface area contributed by atoms with Crippen LogP contribution < -0.4 is 4.98 Å². The SMILES string of the molecule is CC(C)(C)c1ccnc(-c2[c-]c(-c3cccc4c3nc(-c3cc(C(C)(C)C)cc5c3[n-]c3ccc(C(C)(C)C)cc35)n4-c3ccc(C(C)(C)C)cc3-c3ccccc3)ccc2)c1.[Pt+2]. The van der Waals surface area contributed by atoms with Crippen LogP contribution in [-0.4, -0.2) is 14.5 Å². The van der Waals surface area contributed by atoms with Crippen LogP contribution in [0.3, 0.4) is 0 Å². The zero-order valence-corrected chi connectivity index (χ0v) is 41.1. The van der Waals surface area contributed by atoms with Crippen molar-refractivity contribution in [2.45, 2.75) is 105 Å². The number of fused-ring (bicyclic) bond motifs is 4. The number of hydrogen-bond acceptors (Lipinski definition) is 2. The third-order valence-corrected chi connectivity index (χ3v) is 12.5. The molecule has 0 aliphatic heterocycles. The fraction of sp³-hybridized carbons (Fsp3) is 0.276. The van der Waals surface area contributed by atoms with Crippen LogP contribution in [-0.2, 0) is 42.7 Å². The molecular formula is C58H58N4Pt. The van der Waals surface area contributed by atoms with Gasteiger partial charge in [-0.15, -0.1) is 40.9 Å². The van der Waals surface area contributed by atoms with Crippen molar-refractivity contribution in [3.8, 4) is 50.6 Å². The molecule has 0 bridgehead atoms. The molecule has 320 valence electrons. The minimum absolute atomic E-state index is 0. The van der Waals surface area contributed by atoms with Gasteiger partial charge in [-0.3, -0.25) is 9.55 Å². The minimum atomic E-state index is -0.131. The average Bonchev–Trinajstić information content (AvgIpc) is 3.81. The molecule has 0 atom stereocenters. The number of imidazole rings is 1. The Kier molecular flexibility index (Phi) is 11.1. The molecule has 0 spiro atoms. The third kappa shape index (κ3) is 8.24. The molecule has 9 aromatic rings. The van der Waals surface area contributed by atoms with Crippen molar-refractivity contribution in [2.75, 3.05) is 0 Å². The Morgan fingerprint density at radius 2 is 1.11 bits per heavy atom. The van der Waals surface area contributed by atoms with Crippen molar-refractivity contribution in [1.29, 1.82) is 0 Å². The summed E-state index contributed by atoms with van der Waals surface area (Å²) in [4.78, 5) is 16.0. The molecule has 3 aromatic heterocycles. The molecule has 0 radical (unpaired) electrons. The van der Waals surface area contributed by atoms with E-state index in [-0.39, 0.29) is 42.7 Å². The Bertz CT molecular complexity index is 3150. The second-order valence-corrected chi connectivity index (χ2v) is 21.2. The average molecular weight is 1010 g/mol. The minimum Gasteiger partial charge on any atom is -0.656 e. The molecular weight excluding hydrogens is 948 g/mol. The van der Waals surface area contributed by atoms with E-state index in [9.17, 15) is 0 Å². The van der Waals surface area contributed by atoms with Gasteiger partial charge < -0.3 is 4.98 Å². The molecule has 0 fully saturated rings. The van der Waals surface area contributed by atoms with Gasteiger partial charge in [0.1, 0.15) is 5.82 Å². The van der Waals surface area contributed by atoms with E-state index in [1.165, 1.54) is 27.6 Å². The summed E-state index contributed by atoms with van der Waals surface area (Å²) in [6, 6.07) is 50.3. The molecule has 6 aromatic carbocycles. The number of pyridine rings is 1. The van der Waals surface area contributed by atoms with Crippen LogP contribution in [0.15, 0.2) is 134 Å². The molecule has 0 unspecified atom stereocenters. The summed E-state index contributed by atoms with van der Waals surface area (Å²) in [6.45, 7) is 27.3. The number of aromatic nitrogens is 4. The van der Waals surface area contributed by atoms with Crippen molar-refractivity contribution in [3.05, 3.63) is 162 Å². The molecule has 63 heavy (non-hydrogen) atoms. The van der Waals surface area contributed by atoms with Crippen LogP contribution in [0.25, 0.3) is 83.4 Å². The first-order valence-corrected chi connectivity index (χ1v) is 22.0. The van der Waals surface area contributed by atoms with Crippen molar-refractivity contribution < 1.29 is 21.1 Å². The van der Waals surface area contributed by atoms with Gasteiger partial charge in [0.15, 0.2) is 0 Å². The Labute approximate surface area is 388 Å². The summed E-state index contributed by atoms with van der Waals surface area (Å²) in [5, 5.41) is 2.34. The number of benzene rings is 6. The van der Waals surface area contributed by atoms with Gasteiger partial charge in [-0.2, -0.15) is 0 Å². The zero-order chi connectivity index (χ0) is 43.9. The van der Waals surface area contributed by atoms with E-state index in [2.05, 4.69) is 221 Å². The number of para-hydroxylation sites is 1. The maximum Gasteiger partial charge on any atom is 2.00 e. The van der Waals surface area contributed by atoms with Gasteiger partial charge in [0, 0.05) is 23.0 Å². The third-order valence-electron chi connectivity index (χ3n) is 12.5. The largest absolute Gasteiger partial charge is 2.00 e. The van der Waals surface area contributed by atoms with Gasteiger partial charge >= 0.3 is 21.1 Å². The van der Waals surface area contributed by atoms with E-state index in [0.29, 0.717) is 0 Å². The quantitative estimate of drug-likeness (QED) is 0.161. The maximum atomic E-state index is 5.78. The van der Waals surface area contributed by atoms with Gasteiger partial charge in [0.2, 0.25) is 0 Å². The van der Waals surface area contributed by atoms with Gasteiger partial charge in [0.25, 0.3) is 0 Å². The molecule has 0 aliphatic carbocycles. The Morgan fingerprint density at radius 3 is 1.81 bits per heavy atom. The topological polar surface area (TPSA) is 44.8 Å². The molecule has 9 rings (SSSR count). The van der Waals surface area contributed by atoms with E-state index in [1.807, 2.05) is 6.20 Å². The molecule has 0 aliphatic rings. The first-order valence-electron chi connectivity index (χ1n) is 22.0. The monoisotopic (exact) mass is 1010 g/mol. The normalized spacial score (nSPS) is 12.6. The van der Waals surface area contributed by atoms with Crippen molar-refractivity contribution >= 4 is 32.8 Å². The van der Waals surface area contributed by atoms with Crippen molar-refractivity contribution in [3.63, 3.8) is 0 Å². The first-order chi connectivity index (χ1) is 29.3. The standard InChI is InChI=1S/C58H58N4.Pt/c1-55(2,3)39-24-26-48-45(32-39)46-33-42(58(10,11)12)34-47(52(46)60-48)54-61-53-43(37-20-16-21-38(30-37)49-35-41(28-29-59-49)57(7,8)9)22-17-23-51(53)62(54)50-27-25-40(56(4,5)6)31-44(50)36-18-14-13-15-19-36;/h13-29,31-35H,1-12H3;/q-2;+2. The van der Waals surface area contributed by atoms with Crippen molar-refractivity contribution in [1.82, 2.24) is 19.5 Å². The second kappa shape index (κ2) is 15.9.